The molecular weight excluding hydrogens is 274 g/mol. The molecule has 0 atom stereocenters. The van der Waals surface area contributed by atoms with Gasteiger partial charge >= 0.3 is 5.97 Å². The van der Waals surface area contributed by atoms with E-state index in [0.29, 0.717) is 15.7 Å². The van der Waals surface area contributed by atoms with Crippen LogP contribution in [0.15, 0.2) is 16.8 Å². The molecule has 0 spiro atoms. The minimum Gasteiger partial charge on any atom is -0.465 e. The van der Waals surface area contributed by atoms with Crippen LogP contribution >= 0.6 is 22.7 Å². The molecule has 0 aliphatic rings. The molecule has 18 heavy (non-hydrogen) atoms. The topological polar surface area (TPSA) is 94.3 Å². The average molecular weight is 283 g/mol. The van der Waals surface area contributed by atoms with Crippen molar-refractivity contribution in [2.24, 2.45) is 0 Å². The number of carbonyl (C=O) groups excluding carboxylic acids is 2. The number of nitrogens with two attached hydrogens (primary N) is 1. The molecular formula is C10H9N3O3S2. The van der Waals surface area contributed by atoms with Gasteiger partial charge in [-0.1, -0.05) is 0 Å². The zero-order valence-electron chi connectivity index (χ0n) is 9.30. The lowest BCUT2D eigenvalue weighted by molar-refractivity contribution is 0.0607. The zero-order chi connectivity index (χ0) is 13.1. The molecule has 0 saturated heterocycles. The lowest BCUT2D eigenvalue weighted by Crippen LogP contribution is -2.14. The molecule has 0 bridgehead atoms. The van der Waals surface area contributed by atoms with E-state index in [4.69, 9.17) is 5.73 Å². The first-order valence-corrected chi connectivity index (χ1v) is 6.56. The van der Waals surface area contributed by atoms with Gasteiger partial charge in [-0.3, -0.25) is 4.79 Å². The maximum atomic E-state index is 11.8. The van der Waals surface area contributed by atoms with Crippen LogP contribution in [0.25, 0.3) is 0 Å². The van der Waals surface area contributed by atoms with Crippen molar-refractivity contribution in [2.75, 3.05) is 18.2 Å². The Morgan fingerprint density at radius 3 is 2.83 bits per heavy atom. The number of hydrogen-bond acceptors (Lipinski definition) is 7. The van der Waals surface area contributed by atoms with E-state index in [1.54, 1.807) is 16.8 Å². The maximum absolute atomic E-state index is 11.8. The third kappa shape index (κ3) is 2.49. The summed E-state index contributed by atoms with van der Waals surface area (Å²) >= 11 is 2.37. The van der Waals surface area contributed by atoms with Crippen LogP contribution in [0.3, 0.4) is 0 Å². The molecule has 6 nitrogen and oxygen atoms in total. The summed E-state index contributed by atoms with van der Waals surface area (Å²) < 4.78 is 4.61. The number of nitrogen functional groups attached to an aromatic ring is 1. The third-order valence-electron chi connectivity index (χ3n) is 2.04. The highest BCUT2D eigenvalue weighted by Crippen LogP contribution is 2.24. The second-order valence-corrected chi connectivity index (χ2v) is 4.99. The number of carbonyl (C=O) groups is 2. The molecule has 0 radical (unpaired) electrons. The average Bonchev–Trinajstić information content (AvgIpc) is 2.97. The molecule has 8 heteroatoms. The van der Waals surface area contributed by atoms with Gasteiger partial charge in [0.15, 0.2) is 5.13 Å². The fourth-order valence-electron chi connectivity index (χ4n) is 1.24. The predicted octanol–water partition coefficient (Wildman–Crippen LogP) is 1.83. The summed E-state index contributed by atoms with van der Waals surface area (Å²) in [6, 6.07) is 1.63. The number of aromatic nitrogens is 1. The van der Waals surface area contributed by atoms with Gasteiger partial charge in [0, 0.05) is 5.38 Å². The number of hydrogen-bond donors (Lipinski definition) is 2. The van der Waals surface area contributed by atoms with Crippen LogP contribution in [0.1, 0.15) is 20.2 Å². The van der Waals surface area contributed by atoms with E-state index >= 15 is 0 Å². The number of amides is 1. The van der Waals surface area contributed by atoms with Gasteiger partial charge in [0.1, 0.15) is 10.6 Å². The Kier molecular flexibility index (Phi) is 3.58. The fourth-order valence-corrected chi connectivity index (χ4v) is 2.55. The Bertz CT molecular complexity index is 591. The lowest BCUT2D eigenvalue weighted by Gasteiger charge is -2.03. The number of ether oxygens (including phenoxy) is 1. The van der Waals surface area contributed by atoms with Crippen molar-refractivity contribution in [1.29, 1.82) is 0 Å². The van der Waals surface area contributed by atoms with E-state index in [1.165, 1.54) is 29.8 Å². The fraction of sp³-hybridized carbons (Fsp3) is 0.100. The number of rotatable bonds is 3. The summed E-state index contributed by atoms with van der Waals surface area (Å²) in [6.45, 7) is 0. The largest absolute Gasteiger partial charge is 0.465 e. The van der Waals surface area contributed by atoms with Crippen LogP contribution in [0.2, 0.25) is 0 Å². The summed E-state index contributed by atoms with van der Waals surface area (Å²) in [5, 5.41) is 6.16. The minimum atomic E-state index is -0.488. The minimum absolute atomic E-state index is 0.222. The van der Waals surface area contributed by atoms with Crippen LogP contribution in [-0.4, -0.2) is 24.0 Å². The third-order valence-corrected chi connectivity index (χ3v) is 3.61. The number of anilines is 2. The SMILES string of the molecule is COC(=O)c1sccc1NC(=O)c1csc(N)n1. The molecule has 0 unspecified atom stereocenters. The van der Waals surface area contributed by atoms with Crippen molar-refractivity contribution >= 4 is 45.4 Å². The lowest BCUT2D eigenvalue weighted by atomic mass is 10.3. The number of methoxy groups -OCH3 is 1. The molecule has 94 valence electrons. The van der Waals surface area contributed by atoms with E-state index in [-0.39, 0.29) is 5.69 Å². The van der Waals surface area contributed by atoms with Gasteiger partial charge < -0.3 is 15.8 Å². The number of thiazole rings is 1. The van der Waals surface area contributed by atoms with Crippen molar-refractivity contribution in [2.45, 2.75) is 0 Å². The standard InChI is InChI=1S/C10H9N3O3S2/c1-16-9(15)7-5(2-3-17-7)12-8(14)6-4-18-10(11)13-6/h2-4H,1H3,(H2,11,13)(H,12,14). The first-order chi connectivity index (χ1) is 8.61. The Balaban J connectivity index is 2.17. The van der Waals surface area contributed by atoms with E-state index < -0.39 is 11.9 Å². The smallest absolute Gasteiger partial charge is 0.350 e. The zero-order valence-corrected chi connectivity index (χ0v) is 10.9. The summed E-state index contributed by atoms with van der Waals surface area (Å²) in [6.07, 6.45) is 0. The van der Waals surface area contributed by atoms with Gasteiger partial charge in [-0.2, -0.15) is 0 Å². The summed E-state index contributed by atoms with van der Waals surface area (Å²) in [5.74, 6) is -0.899. The first kappa shape index (κ1) is 12.5. The van der Waals surface area contributed by atoms with E-state index in [0.717, 1.165) is 0 Å². The number of esters is 1. The number of nitrogens with one attached hydrogen (secondary N) is 1. The maximum Gasteiger partial charge on any atom is 0.350 e. The van der Waals surface area contributed by atoms with E-state index in [1.807, 2.05) is 0 Å². The van der Waals surface area contributed by atoms with E-state index in [2.05, 4.69) is 15.0 Å². The van der Waals surface area contributed by atoms with Crippen molar-refractivity contribution in [3.05, 3.63) is 27.4 Å². The van der Waals surface area contributed by atoms with Crippen LogP contribution in [0, 0.1) is 0 Å². The normalized spacial score (nSPS) is 10.1. The molecule has 2 aromatic heterocycles. The van der Waals surface area contributed by atoms with Gasteiger partial charge in [0.05, 0.1) is 12.8 Å². The molecule has 0 aliphatic heterocycles. The Morgan fingerprint density at radius 1 is 1.44 bits per heavy atom. The summed E-state index contributed by atoms with van der Waals surface area (Å²) in [5.41, 5.74) is 6.07. The summed E-state index contributed by atoms with van der Waals surface area (Å²) in [4.78, 5) is 27.4. The van der Waals surface area contributed by atoms with Crippen LogP contribution in [0.4, 0.5) is 10.8 Å². The van der Waals surface area contributed by atoms with Gasteiger partial charge in [-0.25, -0.2) is 9.78 Å². The molecule has 0 aromatic carbocycles. The second kappa shape index (κ2) is 5.15. The highest BCUT2D eigenvalue weighted by atomic mass is 32.1. The second-order valence-electron chi connectivity index (χ2n) is 3.18. The molecule has 3 N–H and O–H groups in total. The Labute approximate surface area is 110 Å². The highest BCUT2D eigenvalue weighted by Gasteiger charge is 2.17. The van der Waals surface area contributed by atoms with Crippen molar-refractivity contribution < 1.29 is 14.3 Å². The van der Waals surface area contributed by atoms with Gasteiger partial charge in [-0.15, -0.1) is 22.7 Å². The summed E-state index contributed by atoms with van der Waals surface area (Å²) in [7, 11) is 1.29. The Morgan fingerprint density at radius 2 is 2.22 bits per heavy atom. The van der Waals surface area contributed by atoms with Crippen molar-refractivity contribution in [3.8, 4) is 0 Å². The van der Waals surface area contributed by atoms with Crippen LogP contribution in [-0.2, 0) is 4.74 Å². The number of nitrogens with zero attached hydrogens (tertiary/aromatic N) is 1. The molecule has 1 amide bonds. The van der Waals surface area contributed by atoms with Crippen LogP contribution in [0.5, 0.6) is 0 Å². The predicted molar refractivity (Wildman–Crippen MR) is 70.1 cm³/mol. The van der Waals surface area contributed by atoms with Gasteiger partial charge in [0.2, 0.25) is 0 Å². The molecule has 2 rings (SSSR count). The van der Waals surface area contributed by atoms with E-state index in [9.17, 15) is 9.59 Å². The van der Waals surface area contributed by atoms with Crippen molar-refractivity contribution in [1.82, 2.24) is 4.98 Å². The highest BCUT2D eigenvalue weighted by molar-refractivity contribution is 7.13. The van der Waals surface area contributed by atoms with Crippen molar-refractivity contribution in [3.63, 3.8) is 0 Å². The molecule has 0 aliphatic carbocycles. The molecule has 0 saturated carbocycles. The molecule has 0 fully saturated rings. The Hall–Kier alpha value is -1.93. The monoisotopic (exact) mass is 283 g/mol. The number of thiophene rings is 1. The van der Waals surface area contributed by atoms with Gasteiger partial charge in [0.25, 0.3) is 5.91 Å². The van der Waals surface area contributed by atoms with Gasteiger partial charge in [-0.05, 0) is 11.4 Å². The molecule has 2 heterocycles. The first-order valence-electron chi connectivity index (χ1n) is 4.80. The van der Waals surface area contributed by atoms with Crippen LogP contribution < -0.4 is 11.1 Å². The molecule has 2 aromatic rings. The quantitative estimate of drug-likeness (QED) is 0.838.